The highest BCUT2D eigenvalue weighted by atomic mass is 79.9. The minimum atomic E-state index is -0.411. The van der Waals surface area contributed by atoms with Gasteiger partial charge in [0.1, 0.15) is 6.61 Å². The van der Waals surface area contributed by atoms with E-state index in [9.17, 15) is 4.79 Å². The summed E-state index contributed by atoms with van der Waals surface area (Å²) in [5, 5.41) is 2.29. The zero-order chi connectivity index (χ0) is 17.7. The molecular weight excluding hydrogens is 392 g/mol. The normalized spacial score (nSPS) is 10.1. The lowest BCUT2D eigenvalue weighted by Crippen LogP contribution is -2.34. The molecule has 0 saturated carbocycles. The lowest BCUT2D eigenvalue weighted by atomic mass is 10.1. The Labute approximate surface area is 154 Å². The molecule has 0 saturated heterocycles. The molecule has 2 rings (SSSR count). The minimum Gasteiger partial charge on any atom is -0.493 e. The molecule has 0 fully saturated rings. The molecule has 0 aliphatic rings. The van der Waals surface area contributed by atoms with E-state index in [0.717, 1.165) is 5.56 Å². The second-order valence-corrected chi connectivity index (χ2v) is 6.38. The van der Waals surface area contributed by atoms with Gasteiger partial charge in [-0.15, -0.1) is 0 Å². The average molecular weight is 409 g/mol. The number of amides is 1. The number of aryl methyl sites for hydroxylation is 1. The zero-order valence-corrected chi connectivity index (χ0v) is 15.7. The number of nitrogens with two attached hydrogens (primary N) is 1. The predicted octanol–water partition coefficient (Wildman–Crippen LogP) is 3.32. The van der Waals surface area contributed by atoms with Gasteiger partial charge in [-0.25, -0.2) is 0 Å². The van der Waals surface area contributed by atoms with Crippen LogP contribution in [0, 0.1) is 6.92 Å². The monoisotopic (exact) mass is 408 g/mol. The summed E-state index contributed by atoms with van der Waals surface area (Å²) >= 11 is 8.08. The number of carbonyl (C=O) groups is 1. The van der Waals surface area contributed by atoms with Gasteiger partial charge in [0.05, 0.1) is 11.6 Å². The number of benzene rings is 2. The number of halogens is 1. The molecule has 0 unspecified atom stereocenters. The molecule has 0 aliphatic heterocycles. The van der Waals surface area contributed by atoms with Gasteiger partial charge in [-0.1, -0.05) is 29.8 Å². The second kappa shape index (κ2) is 8.12. The standard InChI is InChI=1S/C17H17BrN2O3S/c1-10-3-5-11(6-4-10)9-23-15-13(18)7-12(8-14(15)22-2)16(21)20-17(19)24/h3-8H,9H2,1-2H3,(H3,19,20,21,24). The van der Waals surface area contributed by atoms with Crippen molar-refractivity contribution in [3.05, 3.63) is 57.6 Å². The molecule has 2 aromatic rings. The van der Waals surface area contributed by atoms with Gasteiger partial charge in [-0.05, 0) is 52.8 Å². The fourth-order valence-corrected chi connectivity index (χ4v) is 2.66. The first kappa shape index (κ1) is 18.2. The summed E-state index contributed by atoms with van der Waals surface area (Å²) in [6.45, 7) is 2.41. The third-order valence-corrected chi connectivity index (χ3v) is 3.92. The molecule has 0 aromatic heterocycles. The quantitative estimate of drug-likeness (QED) is 0.742. The zero-order valence-electron chi connectivity index (χ0n) is 13.3. The highest BCUT2D eigenvalue weighted by Gasteiger charge is 2.16. The Morgan fingerprint density at radius 2 is 1.96 bits per heavy atom. The molecule has 3 N–H and O–H groups in total. The Kier molecular flexibility index (Phi) is 6.16. The van der Waals surface area contributed by atoms with Crippen LogP contribution in [-0.4, -0.2) is 18.1 Å². The molecule has 0 spiro atoms. The molecule has 5 nitrogen and oxygen atoms in total. The van der Waals surface area contributed by atoms with E-state index < -0.39 is 5.91 Å². The van der Waals surface area contributed by atoms with Gasteiger partial charge in [-0.2, -0.15) is 0 Å². The molecule has 0 atom stereocenters. The number of nitrogens with one attached hydrogen (secondary N) is 1. The van der Waals surface area contributed by atoms with Crippen molar-refractivity contribution in [1.82, 2.24) is 5.32 Å². The van der Waals surface area contributed by atoms with Crippen LogP contribution < -0.4 is 20.5 Å². The molecule has 2 aromatic carbocycles. The second-order valence-electron chi connectivity index (χ2n) is 5.08. The largest absolute Gasteiger partial charge is 0.493 e. The van der Waals surface area contributed by atoms with E-state index in [1.54, 1.807) is 12.1 Å². The van der Waals surface area contributed by atoms with Crippen LogP contribution in [0.5, 0.6) is 11.5 Å². The molecule has 0 radical (unpaired) electrons. The van der Waals surface area contributed by atoms with Crippen molar-refractivity contribution in [1.29, 1.82) is 0 Å². The Bertz CT molecular complexity index is 763. The van der Waals surface area contributed by atoms with Gasteiger partial charge in [0.2, 0.25) is 0 Å². The van der Waals surface area contributed by atoms with Crippen LogP contribution >= 0.6 is 28.1 Å². The summed E-state index contributed by atoms with van der Waals surface area (Å²) in [7, 11) is 1.51. The Hall–Kier alpha value is -2.12. The van der Waals surface area contributed by atoms with Crippen LogP contribution in [0.1, 0.15) is 21.5 Å². The van der Waals surface area contributed by atoms with Crippen LogP contribution in [0.2, 0.25) is 0 Å². The van der Waals surface area contributed by atoms with Gasteiger partial charge in [-0.3, -0.25) is 10.1 Å². The molecule has 1 amide bonds. The maximum Gasteiger partial charge on any atom is 0.257 e. The number of carbonyl (C=O) groups excluding carboxylic acids is 1. The smallest absolute Gasteiger partial charge is 0.257 e. The van der Waals surface area contributed by atoms with Crippen molar-refractivity contribution in [3.63, 3.8) is 0 Å². The number of hydrogen-bond donors (Lipinski definition) is 2. The van der Waals surface area contributed by atoms with Crippen molar-refractivity contribution >= 4 is 39.2 Å². The maximum atomic E-state index is 12.0. The molecule has 0 aliphatic carbocycles. The van der Waals surface area contributed by atoms with Crippen molar-refractivity contribution in [2.75, 3.05) is 7.11 Å². The molecular formula is C17H17BrN2O3S. The average Bonchev–Trinajstić information content (AvgIpc) is 2.54. The maximum absolute atomic E-state index is 12.0. The van der Waals surface area contributed by atoms with Gasteiger partial charge < -0.3 is 15.2 Å². The van der Waals surface area contributed by atoms with Crippen molar-refractivity contribution in [3.8, 4) is 11.5 Å². The van der Waals surface area contributed by atoms with Crippen molar-refractivity contribution in [2.24, 2.45) is 5.73 Å². The summed E-state index contributed by atoms with van der Waals surface area (Å²) in [6, 6.07) is 11.2. The summed E-state index contributed by atoms with van der Waals surface area (Å²) in [6.07, 6.45) is 0. The molecule has 7 heteroatoms. The van der Waals surface area contributed by atoms with Gasteiger partial charge in [0.25, 0.3) is 5.91 Å². The highest BCUT2D eigenvalue weighted by molar-refractivity contribution is 9.10. The first-order valence-electron chi connectivity index (χ1n) is 7.07. The predicted molar refractivity (Wildman–Crippen MR) is 100 cm³/mol. The van der Waals surface area contributed by atoms with Gasteiger partial charge in [0, 0.05) is 5.56 Å². The molecule has 0 bridgehead atoms. The summed E-state index contributed by atoms with van der Waals surface area (Å²) in [5.74, 6) is 0.543. The molecule has 24 heavy (non-hydrogen) atoms. The number of rotatable bonds is 5. The lowest BCUT2D eigenvalue weighted by molar-refractivity contribution is 0.0977. The SMILES string of the molecule is COc1cc(C(=O)NC(N)=S)cc(Br)c1OCc1ccc(C)cc1. The van der Waals surface area contributed by atoms with Crippen molar-refractivity contribution in [2.45, 2.75) is 13.5 Å². The molecule has 126 valence electrons. The number of methoxy groups -OCH3 is 1. The fraction of sp³-hybridized carbons (Fsp3) is 0.176. The van der Waals surface area contributed by atoms with E-state index >= 15 is 0 Å². The first-order chi connectivity index (χ1) is 11.4. The van der Waals surface area contributed by atoms with Crippen molar-refractivity contribution < 1.29 is 14.3 Å². The Balaban J connectivity index is 2.21. The molecule has 0 heterocycles. The number of ether oxygens (including phenoxy) is 2. The number of thiocarbonyl (C=S) groups is 1. The van der Waals surface area contributed by atoms with Crippen LogP contribution in [-0.2, 0) is 6.61 Å². The summed E-state index contributed by atoms with van der Waals surface area (Å²) in [4.78, 5) is 12.0. The van der Waals surface area contributed by atoms with Gasteiger partial charge in [0.15, 0.2) is 16.6 Å². The van der Waals surface area contributed by atoms with E-state index in [4.69, 9.17) is 15.2 Å². The summed E-state index contributed by atoms with van der Waals surface area (Å²) < 4.78 is 11.8. The van der Waals surface area contributed by atoms with Crippen LogP contribution in [0.25, 0.3) is 0 Å². The third-order valence-electron chi connectivity index (χ3n) is 3.23. The third kappa shape index (κ3) is 4.69. The summed E-state index contributed by atoms with van der Waals surface area (Å²) in [5.41, 5.74) is 7.90. The fourth-order valence-electron chi connectivity index (χ4n) is 2.01. The van der Waals surface area contributed by atoms with E-state index in [1.807, 2.05) is 31.2 Å². The van der Waals surface area contributed by atoms with Crippen LogP contribution in [0.15, 0.2) is 40.9 Å². The van der Waals surface area contributed by atoms with Crippen LogP contribution in [0.3, 0.4) is 0 Å². The topological polar surface area (TPSA) is 73.6 Å². The number of hydrogen-bond acceptors (Lipinski definition) is 4. The van der Waals surface area contributed by atoms with E-state index in [2.05, 4.69) is 33.5 Å². The van der Waals surface area contributed by atoms with Crippen LogP contribution in [0.4, 0.5) is 0 Å². The highest BCUT2D eigenvalue weighted by Crippen LogP contribution is 2.37. The Morgan fingerprint density at radius 1 is 1.29 bits per heavy atom. The lowest BCUT2D eigenvalue weighted by Gasteiger charge is -2.14. The van der Waals surface area contributed by atoms with E-state index in [-0.39, 0.29) is 5.11 Å². The van der Waals surface area contributed by atoms with Gasteiger partial charge >= 0.3 is 0 Å². The first-order valence-corrected chi connectivity index (χ1v) is 8.27. The minimum absolute atomic E-state index is 0.0882. The van der Waals surface area contributed by atoms with E-state index in [1.165, 1.54) is 12.7 Å². The Morgan fingerprint density at radius 3 is 2.54 bits per heavy atom. The van der Waals surface area contributed by atoms with E-state index in [0.29, 0.717) is 28.1 Å².